The molecule has 0 radical (unpaired) electrons. The Morgan fingerprint density at radius 1 is 1.35 bits per heavy atom. The van der Waals surface area contributed by atoms with Gasteiger partial charge in [-0.1, -0.05) is 13.8 Å². The third-order valence-electron chi connectivity index (χ3n) is 4.83. The molecule has 3 rings (SSSR count). The van der Waals surface area contributed by atoms with Gasteiger partial charge in [0.25, 0.3) is 0 Å². The first kappa shape index (κ1) is 13.5. The normalized spacial score (nSPS) is 25.1. The fourth-order valence-electron chi connectivity index (χ4n) is 3.73. The van der Waals surface area contributed by atoms with E-state index >= 15 is 0 Å². The molecule has 3 heteroatoms. The SMILES string of the molecule is Cc1cc(N2C[C@@H]3CCN[C@@H]3C2)c(C#N)cc1C(C)C. The first-order valence-electron chi connectivity index (χ1n) is 7.63. The fraction of sp³-hybridized carbons (Fsp3) is 0.588. The van der Waals surface area contributed by atoms with Crippen LogP contribution in [0.2, 0.25) is 0 Å². The molecule has 0 unspecified atom stereocenters. The predicted molar refractivity (Wildman–Crippen MR) is 82.1 cm³/mol. The highest BCUT2D eigenvalue weighted by Crippen LogP contribution is 2.33. The Kier molecular flexibility index (Phi) is 3.43. The van der Waals surface area contributed by atoms with Gasteiger partial charge in [0, 0.05) is 19.1 Å². The Morgan fingerprint density at radius 2 is 2.15 bits per heavy atom. The van der Waals surface area contributed by atoms with E-state index in [1.54, 1.807) is 0 Å². The number of nitrogens with zero attached hydrogens (tertiary/aromatic N) is 2. The highest BCUT2D eigenvalue weighted by molar-refractivity contribution is 5.63. The number of aryl methyl sites for hydroxylation is 1. The van der Waals surface area contributed by atoms with Crippen molar-refractivity contribution >= 4 is 5.69 Å². The lowest BCUT2D eigenvalue weighted by atomic mass is 9.94. The molecule has 1 aromatic carbocycles. The third kappa shape index (κ3) is 2.19. The molecule has 0 aliphatic carbocycles. The maximum atomic E-state index is 9.49. The van der Waals surface area contributed by atoms with E-state index in [2.05, 4.69) is 49.2 Å². The number of fused-ring (bicyclic) bond motifs is 1. The van der Waals surface area contributed by atoms with Gasteiger partial charge in [0.2, 0.25) is 0 Å². The maximum Gasteiger partial charge on any atom is 0.101 e. The molecule has 2 aliphatic heterocycles. The largest absolute Gasteiger partial charge is 0.369 e. The van der Waals surface area contributed by atoms with Gasteiger partial charge in [-0.05, 0) is 55.0 Å². The second-order valence-electron chi connectivity index (χ2n) is 6.51. The second kappa shape index (κ2) is 5.10. The lowest BCUT2D eigenvalue weighted by Gasteiger charge is -2.23. The van der Waals surface area contributed by atoms with Crippen LogP contribution in [0.3, 0.4) is 0 Å². The van der Waals surface area contributed by atoms with E-state index in [9.17, 15) is 5.26 Å². The summed E-state index contributed by atoms with van der Waals surface area (Å²) >= 11 is 0. The van der Waals surface area contributed by atoms with Crippen LogP contribution in [0, 0.1) is 24.2 Å². The standard InChI is InChI=1S/C17H23N3/c1-11(2)15-7-14(8-18)17(6-12(15)3)20-9-13-4-5-19-16(13)10-20/h6-7,11,13,16,19H,4-5,9-10H2,1-3H3/t13-,16+/m0/s1. The van der Waals surface area contributed by atoms with E-state index in [0.717, 1.165) is 36.8 Å². The van der Waals surface area contributed by atoms with Gasteiger partial charge in [0.15, 0.2) is 0 Å². The van der Waals surface area contributed by atoms with Crippen molar-refractivity contribution in [3.63, 3.8) is 0 Å². The summed E-state index contributed by atoms with van der Waals surface area (Å²) in [7, 11) is 0. The quantitative estimate of drug-likeness (QED) is 0.897. The molecule has 1 aromatic rings. The van der Waals surface area contributed by atoms with Gasteiger partial charge >= 0.3 is 0 Å². The van der Waals surface area contributed by atoms with Gasteiger partial charge in [-0.15, -0.1) is 0 Å². The van der Waals surface area contributed by atoms with E-state index in [4.69, 9.17) is 0 Å². The van der Waals surface area contributed by atoms with Crippen molar-refractivity contribution in [3.05, 3.63) is 28.8 Å². The second-order valence-corrected chi connectivity index (χ2v) is 6.51. The van der Waals surface area contributed by atoms with Crippen LogP contribution >= 0.6 is 0 Å². The number of hydrogen-bond acceptors (Lipinski definition) is 3. The molecule has 2 fully saturated rings. The van der Waals surface area contributed by atoms with E-state index in [1.807, 2.05) is 0 Å². The van der Waals surface area contributed by atoms with Crippen molar-refractivity contribution in [3.8, 4) is 6.07 Å². The van der Waals surface area contributed by atoms with Crippen molar-refractivity contribution in [1.29, 1.82) is 5.26 Å². The number of nitrogens with one attached hydrogen (secondary N) is 1. The highest BCUT2D eigenvalue weighted by atomic mass is 15.2. The molecule has 1 N–H and O–H groups in total. The molecule has 0 saturated carbocycles. The first-order valence-corrected chi connectivity index (χ1v) is 7.63. The van der Waals surface area contributed by atoms with Gasteiger partial charge in [-0.25, -0.2) is 0 Å². The zero-order valence-corrected chi connectivity index (χ0v) is 12.6. The highest BCUT2D eigenvalue weighted by Gasteiger charge is 2.36. The zero-order valence-electron chi connectivity index (χ0n) is 12.6. The zero-order chi connectivity index (χ0) is 14.3. The van der Waals surface area contributed by atoms with Crippen molar-refractivity contribution < 1.29 is 0 Å². The van der Waals surface area contributed by atoms with Gasteiger partial charge in [-0.2, -0.15) is 5.26 Å². The molecule has 0 bridgehead atoms. The minimum Gasteiger partial charge on any atom is -0.369 e. The first-order chi connectivity index (χ1) is 9.60. The molecule has 106 valence electrons. The number of hydrogen-bond donors (Lipinski definition) is 1. The van der Waals surface area contributed by atoms with Crippen LogP contribution in [-0.2, 0) is 0 Å². The Balaban J connectivity index is 1.94. The summed E-state index contributed by atoms with van der Waals surface area (Å²) in [6, 6.07) is 7.33. The molecule has 2 heterocycles. The maximum absolute atomic E-state index is 9.49. The molecule has 0 amide bonds. The van der Waals surface area contributed by atoms with Crippen molar-refractivity contribution in [2.45, 2.75) is 39.2 Å². The van der Waals surface area contributed by atoms with E-state index in [1.165, 1.54) is 17.5 Å². The van der Waals surface area contributed by atoms with Crippen LogP contribution in [0.4, 0.5) is 5.69 Å². The van der Waals surface area contributed by atoms with Crippen LogP contribution in [0.5, 0.6) is 0 Å². The molecule has 3 nitrogen and oxygen atoms in total. The number of nitriles is 1. The molecular weight excluding hydrogens is 246 g/mol. The lowest BCUT2D eigenvalue weighted by Crippen LogP contribution is -2.30. The summed E-state index contributed by atoms with van der Waals surface area (Å²) in [5.41, 5.74) is 4.56. The minimum absolute atomic E-state index is 0.468. The Bertz CT molecular complexity index is 544. The number of rotatable bonds is 2. The Morgan fingerprint density at radius 3 is 2.80 bits per heavy atom. The summed E-state index contributed by atoms with van der Waals surface area (Å²) in [4.78, 5) is 2.40. The van der Waals surface area contributed by atoms with Gasteiger partial charge in [0.1, 0.15) is 6.07 Å². The molecular formula is C17H23N3. The lowest BCUT2D eigenvalue weighted by molar-refractivity contribution is 0.556. The van der Waals surface area contributed by atoms with Gasteiger partial charge < -0.3 is 10.2 Å². The average Bonchev–Trinajstić information content (AvgIpc) is 2.98. The Labute approximate surface area is 121 Å². The Hall–Kier alpha value is -1.53. The van der Waals surface area contributed by atoms with E-state index in [0.29, 0.717) is 12.0 Å². The van der Waals surface area contributed by atoms with Gasteiger partial charge in [-0.3, -0.25) is 0 Å². The van der Waals surface area contributed by atoms with Crippen LogP contribution in [0.25, 0.3) is 0 Å². The third-order valence-corrected chi connectivity index (χ3v) is 4.83. The van der Waals surface area contributed by atoms with Crippen LogP contribution in [0.1, 0.15) is 42.9 Å². The molecule has 20 heavy (non-hydrogen) atoms. The van der Waals surface area contributed by atoms with Crippen molar-refractivity contribution in [1.82, 2.24) is 5.32 Å². The number of benzene rings is 1. The average molecular weight is 269 g/mol. The summed E-state index contributed by atoms with van der Waals surface area (Å²) < 4.78 is 0. The van der Waals surface area contributed by atoms with Crippen LogP contribution in [0.15, 0.2) is 12.1 Å². The predicted octanol–water partition coefficient (Wildman–Crippen LogP) is 2.79. The summed E-state index contributed by atoms with van der Waals surface area (Å²) in [5, 5.41) is 13.1. The molecule has 0 spiro atoms. The fourth-order valence-corrected chi connectivity index (χ4v) is 3.73. The van der Waals surface area contributed by atoms with E-state index in [-0.39, 0.29) is 0 Å². The summed E-state index contributed by atoms with van der Waals surface area (Å²) in [5.74, 6) is 1.22. The minimum atomic E-state index is 0.468. The van der Waals surface area contributed by atoms with Crippen LogP contribution < -0.4 is 10.2 Å². The molecule has 0 aromatic heterocycles. The topological polar surface area (TPSA) is 39.1 Å². The molecule has 2 aliphatic rings. The molecule has 2 saturated heterocycles. The number of anilines is 1. The van der Waals surface area contributed by atoms with E-state index < -0.39 is 0 Å². The van der Waals surface area contributed by atoms with Crippen molar-refractivity contribution in [2.24, 2.45) is 5.92 Å². The van der Waals surface area contributed by atoms with Crippen molar-refractivity contribution in [2.75, 3.05) is 24.5 Å². The monoisotopic (exact) mass is 269 g/mol. The van der Waals surface area contributed by atoms with Crippen LogP contribution in [-0.4, -0.2) is 25.7 Å². The van der Waals surface area contributed by atoms with Gasteiger partial charge in [0.05, 0.1) is 11.3 Å². The molecule has 2 atom stereocenters. The summed E-state index contributed by atoms with van der Waals surface area (Å²) in [6.45, 7) is 9.82. The summed E-state index contributed by atoms with van der Waals surface area (Å²) in [6.07, 6.45) is 1.27. The smallest absolute Gasteiger partial charge is 0.101 e.